The quantitative estimate of drug-likeness (QED) is 0.631. The number of halogens is 1. The Balaban J connectivity index is 2.37. The van der Waals surface area contributed by atoms with Crippen LogP contribution in [0.2, 0.25) is 0 Å². The summed E-state index contributed by atoms with van der Waals surface area (Å²) in [4.78, 5) is 21.5. The van der Waals surface area contributed by atoms with Gasteiger partial charge in [-0.3, -0.25) is 10.1 Å². The van der Waals surface area contributed by atoms with Gasteiger partial charge in [0.05, 0.1) is 11.0 Å². The lowest BCUT2D eigenvalue weighted by atomic mass is 9.95. The molecular formula is C12H13FN2O4. The maximum Gasteiger partial charge on any atom is 0.329 e. The number of hydrogen-bond donors (Lipinski definition) is 2. The minimum absolute atomic E-state index is 0.0169. The van der Waals surface area contributed by atoms with Gasteiger partial charge in [-0.15, -0.1) is 0 Å². The van der Waals surface area contributed by atoms with Crippen LogP contribution in [0.15, 0.2) is 18.2 Å². The summed E-state index contributed by atoms with van der Waals surface area (Å²) in [6.45, 7) is 1.49. The van der Waals surface area contributed by atoms with Crippen LogP contribution in [-0.4, -0.2) is 21.5 Å². The van der Waals surface area contributed by atoms with Gasteiger partial charge in [0.25, 0.3) is 5.69 Å². The Bertz CT molecular complexity index is 545. The Morgan fingerprint density at radius 2 is 2.21 bits per heavy atom. The molecule has 2 N–H and O–H groups in total. The fourth-order valence-corrected chi connectivity index (χ4v) is 2.03. The van der Waals surface area contributed by atoms with Gasteiger partial charge in [0.2, 0.25) is 0 Å². The smallest absolute Gasteiger partial charge is 0.329 e. The minimum atomic E-state index is -1.28. The molecule has 1 saturated carbocycles. The number of nitro groups is 1. The van der Waals surface area contributed by atoms with Gasteiger partial charge in [0.1, 0.15) is 17.0 Å². The van der Waals surface area contributed by atoms with E-state index in [9.17, 15) is 24.4 Å². The van der Waals surface area contributed by atoms with E-state index in [-0.39, 0.29) is 11.6 Å². The first-order chi connectivity index (χ1) is 8.84. The molecule has 0 spiro atoms. The highest BCUT2D eigenvalue weighted by atomic mass is 19.1. The maximum atomic E-state index is 13.0. The summed E-state index contributed by atoms with van der Waals surface area (Å²) < 4.78 is 13.0. The lowest BCUT2D eigenvalue weighted by Crippen LogP contribution is -2.45. The van der Waals surface area contributed by atoms with E-state index in [0.29, 0.717) is 0 Å². The van der Waals surface area contributed by atoms with Crippen LogP contribution in [0, 0.1) is 21.8 Å². The summed E-state index contributed by atoms with van der Waals surface area (Å²) in [5, 5.41) is 22.8. The first kappa shape index (κ1) is 13.3. The number of anilines is 1. The van der Waals surface area contributed by atoms with Gasteiger partial charge < -0.3 is 10.4 Å². The molecule has 6 nitrogen and oxygen atoms in total. The number of carbonyl (C=O) groups is 1. The fraction of sp³-hybridized carbons (Fsp3) is 0.417. The normalized spacial score (nSPS) is 17.6. The predicted molar refractivity (Wildman–Crippen MR) is 65.4 cm³/mol. The summed E-state index contributed by atoms with van der Waals surface area (Å²) in [5.41, 5.74) is -1.72. The van der Waals surface area contributed by atoms with Crippen molar-refractivity contribution in [3.63, 3.8) is 0 Å². The summed E-state index contributed by atoms with van der Waals surface area (Å²) >= 11 is 0. The molecule has 0 heterocycles. The number of benzene rings is 1. The molecule has 1 aromatic carbocycles. The van der Waals surface area contributed by atoms with E-state index in [1.54, 1.807) is 0 Å². The van der Waals surface area contributed by atoms with Gasteiger partial charge in [-0.1, -0.05) is 0 Å². The van der Waals surface area contributed by atoms with E-state index in [0.717, 1.165) is 25.0 Å². The molecule has 0 aromatic heterocycles. The molecule has 0 aliphatic heterocycles. The minimum Gasteiger partial charge on any atom is -0.480 e. The van der Waals surface area contributed by atoms with E-state index in [1.165, 1.54) is 13.0 Å². The number of carboxylic acids is 1. The highest BCUT2D eigenvalue weighted by Crippen LogP contribution is 2.42. The zero-order valence-electron chi connectivity index (χ0n) is 10.2. The molecule has 7 heteroatoms. The molecule has 1 aliphatic rings. The van der Waals surface area contributed by atoms with Crippen LogP contribution >= 0.6 is 0 Å². The SMILES string of the molecule is CC(Nc1ccc(F)cc1[N+](=O)[O-])(C(=O)O)C1CC1. The molecule has 1 unspecified atom stereocenters. The van der Waals surface area contributed by atoms with Crippen molar-refractivity contribution in [1.29, 1.82) is 0 Å². The van der Waals surface area contributed by atoms with Crippen molar-refractivity contribution < 1.29 is 19.2 Å². The van der Waals surface area contributed by atoms with Crippen LogP contribution < -0.4 is 5.32 Å². The van der Waals surface area contributed by atoms with E-state index < -0.39 is 27.9 Å². The molecule has 1 aliphatic carbocycles. The van der Waals surface area contributed by atoms with E-state index in [2.05, 4.69) is 5.32 Å². The predicted octanol–water partition coefficient (Wildman–Crippen LogP) is 2.40. The number of hydrogen-bond acceptors (Lipinski definition) is 4. The Morgan fingerprint density at radius 1 is 1.58 bits per heavy atom. The van der Waals surface area contributed by atoms with Gasteiger partial charge >= 0.3 is 5.97 Å². The number of aliphatic carboxylic acids is 1. The van der Waals surface area contributed by atoms with Crippen LogP contribution in [0.25, 0.3) is 0 Å². The number of nitrogens with one attached hydrogen (secondary N) is 1. The molecule has 0 saturated heterocycles. The molecule has 1 aromatic rings. The van der Waals surface area contributed by atoms with Crippen molar-refractivity contribution in [2.75, 3.05) is 5.32 Å². The van der Waals surface area contributed by atoms with Crippen LogP contribution in [0.3, 0.4) is 0 Å². The average molecular weight is 268 g/mol. The van der Waals surface area contributed by atoms with Gasteiger partial charge in [0.15, 0.2) is 0 Å². The second-order valence-electron chi connectivity index (χ2n) is 4.83. The third kappa shape index (κ3) is 2.49. The summed E-state index contributed by atoms with van der Waals surface area (Å²) in [6, 6.07) is 3.03. The van der Waals surface area contributed by atoms with E-state index in [4.69, 9.17) is 0 Å². The lowest BCUT2D eigenvalue weighted by Gasteiger charge is -2.27. The van der Waals surface area contributed by atoms with E-state index in [1.807, 2.05) is 0 Å². The zero-order chi connectivity index (χ0) is 14.2. The Labute approximate surface area is 108 Å². The first-order valence-corrected chi connectivity index (χ1v) is 5.80. The molecule has 0 bridgehead atoms. The second-order valence-corrected chi connectivity index (χ2v) is 4.83. The van der Waals surface area contributed by atoms with Gasteiger partial charge in [-0.05, 0) is 37.8 Å². The van der Waals surface area contributed by atoms with Crippen molar-refractivity contribution in [2.24, 2.45) is 5.92 Å². The van der Waals surface area contributed by atoms with Crippen molar-refractivity contribution in [2.45, 2.75) is 25.3 Å². The Kier molecular flexibility index (Phi) is 3.13. The topological polar surface area (TPSA) is 92.5 Å². The molecule has 102 valence electrons. The Morgan fingerprint density at radius 3 is 2.68 bits per heavy atom. The van der Waals surface area contributed by atoms with Crippen molar-refractivity contribution in [3.8, 4) is 0 Å². The largest absolute Gasteiger partial charge is 0.480 e. The van der Waals surface area contributed by atoms with Crippen molar-refractivity contribution >= 4 is 17.3 Å². The van der Waals surface area contributed by atoms with Gasteiger partial charge in [-0.2, -0.15) is 0 Å². The molecule has 2 rings (SSSR count). The third-order valence-electron chi connectivity index (χ3n) is 3.39. The van der Waals surface area contributed by atoms with Crippen LogP contribution in [0.4, 0.5) is 15.8 Å². The van der Waals surface area contributed by atoms with Crippen molar-refractivity contribution in [1.82, 2.24) is 0 Å². The molecular weight excluding hydrogens is 255 g/mol. The average Bonchev–Trinajstić information content (AvgIpc) is 3.15. The van der Waals surface area contributed by atoms with Gasteiger partial charge in [-0.25, -0.2) is 9.18 Å². The second kappa shape index (κ2) is 4.49. The standard InChI is InChI=1S/C12H13FN2O4/c1-12(11(16)17,7-2-3-7)14-9-5-4-8(13)6-10(9)15(18)19/h4-7,14H,2-3H2,1H3,(H,16,17). The number of nitrogens with zero attached hydrogens (tertiary/aromatic N) is 1. The third-order valence-corrected chi connectivity index (χ3v) is 3.39. The van der Waals surface area contributed by atoms with E-state index >= 15 is 0 Å². The zero-order valence-corrected chi connectivity index (χ0v) is 10.2. The summed E-state index contributed by atoms with van der Waals surface area (Å²) in [7, 11) is 0. The molecule has 0 amide bonds. The fourth-order valence-electron chi connectivity index (χ4n) is 2.03. The Hall–Kier alpha value is -2.18. The van der Waals surface area contributed by atoms with Gasteiger partial charge in [0, 0.05) is 0 Å². The van der Waals surface area contributed by atoms with Crippen LogP contribution in [-0.2, 0) is 4.79 Å². The number of nitro benzene ring substituents is 1. The summed E-state index contributed by atoms with van der Waals surface area (Å²) in [6.07, 6.45) is 1.51. The number of carboxylic acid groups (broad SMARTS) is 1. The molecule has 1 fully saturated rings. The van der Waals surface area contributed by atoms with Crippen LogP contribution in [0.1, 0.15) is 19.8 Å². The molecule has 0 radical (unpaired) electrons. The first-order valence-electron chi connectivity index (χ1n) is 5.80. The monoisotopic (exact) mass is 268 g/mol. The summed E-state index contributed by atoms with van der Waals surface area (Å²) in [5.74, 6) is -1.89. The molecule has 1 atom stereocenters. The van der Waals surface area contributed by atoms with Crippen LogP contribution in [0.5, 0.6) is 0 Å². The lowest BCUT2D eigenvalue weighted by molar-refractivity contribution is -0.384. The van der Waals surface area contributed by atoms with Crippen molar-refractivity contribution in [3.05, 3.63) is 34.1 Å². The highest BCUT2D eigenvalue weighted by molar-refractivity contribution is 5.84. The number of rotatable bonds is 5. The maximum absolute atomic E-state index is 13.0. The molecule has 19 heavy (non-hydrogen) atoms. The highest BCUT2D eigenvalue weighted by Gasteiger charge is 2.48.